The first-order valence-corrected chi connectivity index (χ1v) is 9.85. The molecule has 2 aromatic carbocycles. The number of hydrogen-bond acceptors (Lipinski definition) is 6. The maximum absolute atomic E-state index is 11.8. The summed E-state index contributed by atoms with van der Waals surface area (Å²) in [5.74, 6) is 0.565. The summed E-state index contributed by atoms with van der Waals surface area (Å²) in [7, 11) is 0. The zero-order chi connectivity index (χ0) is 21.1. The molecule has 2 aromatic rings. The van der Waals surface area contributed by atoms with E-state index >= 15 is 0 Å². The minimum Gasteiger partial charge on any atom is -0.491 e. The van der Waals surface area contributed by atoms with E-state index in [0.717, 1.165) is 22.9 Å². The predicted octanol–water partition coefficient (Wildman–Crippen LogP) is 4.10. The molecule has 0 aliphatic heterocycles. The summed E-state index contributed by atoms with van der Waals surface area (Å²) >= 11 is 0. The van der Waals surface area contributed by atoms with E-state index in [0.29, 0.717) is 38.6 Å². The quantitative estimate of drug-likeness (QED) is 0.395. The lowest BCUT2D eigenvalue weighted by Gasteiger charge is -2.20. The molecule has 0 spiro atoms. The Morgan fingerprint density at radius 2 is 1.55 bits per heavy atom. The van der Waals surface area contributed by atoms with E-state index < -0.39 is 5.41 Å². The summed E-state index contributed by atoms with van der Waals surface area (Å²) in [6.45, 7) is 8.09. The molecular weight excluding hydrogens is 370 g/mol. The van der Waals surface area contributed by atoms with Crippen LogP contribution in [0.2, 0.25) is 0 Å². The molecule has 0 atom stereocenters. The first kappa shape index (κ1) is 22.7. The van der Waals surface area contributed by atoms with Gasteiger partial charge in [-0.1, -0.05) is 19.1 Å². The molecule has 2 rings (SSSR count). The first-order chi connectivity index (χ1) is 14.0. The summed E-state index contributed by atoms with van der Waals surface area (Å²) in [5, 5.41) is 11.0. The van der Waals surface area contributed by atoms with Crippen LogP contribution in [0.1, 0.15) is 32.8 Å². The molecule has 0 aromatic heterocycles. The molecule has 0 radical (unpaired) electrons. The average Bonchev–Trinajstić information content (AvgIpc) is 2.74. The second-order valence-corrected chi connectivity index (χ2v) is 7.28. The van der Waals surface area contributed by atoms with Crippen LogP contribution < -0.4 is 4.74 Å². The van der Waals surface area contributed by atoms with Gasteiger partial charge < -0.3 is 18.9 Å². The monoisotopic (exact) mass is 399 g/mol. The topological polar surface area (TPSA) is 77.8 Å². The highest BCUT2D eigenvalue weighted by Gasteiger charge is 2.26. The average molecular weight is 399 g/mol. The third-order valence-electron chi connectivity index (χ3n) is 4.71. The molecule has 0 heterocycles. The van der Waals surface area contributed by atoms with Crippen molar-refractivity contribution in [1.29, 1.82) is 5.26 Å². The minimum atomic E-state index is -0.451. The van der Waals surface area contributed by atoms with Crippen molar-refractivity contribution in [2.75, 3.05) is 39.6 Å². The van der Waals surface area contributed by atoms with E-state index in [1.165, 1.54) is 0 Å². The fourth-order valence-electron chi connectivity index (χ4n) is 2.46. The number of rotatable bonds is 12. The van der Waals surface area contributed by atoms with Crippen molar-refractivity contribution < 1.29 is 23.7 Å². The largest absolute Gasteiger partial charge is 0.491 e. The van der Waals surface area contributed by atoms with Gasteiger partial charge in [-0.25, -0.2) is 0 Å². The summed E-state index contributed by atoms with van der Waals surface area (Å²) in [6.07, 6.45) is 0.740. The fourth-order valence-corrected chi connectivity index (χ4v) is 2.46. The molecule has 0 unspecified atom stereocenters. The molecule has 0 N–H and O–H groups in total. The molecule has 0 aliphatic carbocycles. The van der Waals surface area contributed by atoms with Crippen molar-refractivity contribution in [2.45, 2.75) is 27.2 Å². The Hall–Kier alpha value is -2.62. The van der Waals surface area contributed by atoms with Crippen LogP contribution in [-0.4, -0.2) is 45.6 Å². The lowest BCUT2D eigenvalue weighted by molar-refractivity contribution is -0.155. The van der Waals surface area contributed by atoms with E-state index in [4.69, 9.17) is 24.2 Å². The van der Waals surface area contributed by atoms with Crippen molar-refractivity contribution in [3.63, 3.8) is 0 Å². The van der Waals surface area contributed by atoms with Gasteiger partial charge in [0.1, 0.15) is 19.0 Å². The van der Waals surface area contributed by atoms with Gasteiger partial charge >= 0.3 is 5.97 Å². The van der Waals surface area contributed by atoms with E-state index in [9.17, 15) is 4.79 Å². The highest BCUT2D eigenvalue weighted by molar-refractivity contribution is 5.85. The van der Waals surface area contributed by atoms with Crippen LogP contribution in [0.5, 0.6) is 5.75 Å². The number of carbonyl (C=O) groups is 1. The van der Waals surface area contributed by atoms with E-state index in [-0.39, 0.29) is 12.6 Å². The number of esters is 1. The maximum Gasteiger partial charge on any atom is 0.311 e. The van der Waals surface area contributed by atoms with E-state index in [2.05, 4.69) is 6.07 Å². The van der Waals surface area contributed by atoms with Gasteiger partial charge in [-0.15, -0.1) is 0 Å². The van der Waals surface area contributed by atoms with Gasteiger partial charge in [0.05, 0.1) is 43.5 Å². The van der Waals surface area contributed by atoms with Crippen LogP contribution in [0.3, 0.4) is 0 Å². The van der Waals surface area contributed by atoms with Gasteiger partial charge in [0.2, 0.25) is 0 Å². The van der Waals surface area contributed by atoms with Gasteiger partial charge in [-0.3, -0.25) is 4.79 Å². The number of nitrogens with zero attached hydrogens (tertiary/aromatic N) is 1. The Labute approximate surface area is 172 Å². The molecule has 156 valence electrons. The minimum absolute atomic E-state index is 0.198. The molecule has 0 fully saturated rings. The standard InChI is InChI=1S/C23H29NO5/c1-4-23(2,3)22(25)29-14-12-27-10-9-26-11-13-28-21-8-7-19-15-18(17-24)5-6-20(19)16-21/h5-8,15-16H,4,9-14H2,1-3H3. The van der Waals surface area contributed by atoms with Crippen LogP contribution in [0.15, 0.2) is 36.4 Å². The second-order valence-electron chi connectivity index (χ2n) is 7.28. The van der Waals surface area contributed by atoms with E-state index in [1.54, 1.807) is 6.07 Å². The lowest BCUT2D eigenvalue weighted by Crippen LogP contribution is -2.27. The van der Waals surface area contributed by atoms with Gasteiger partial charge in [0.25, 0.3) is 0 Å². The highest BCUT2D eigenvalue weighted by Crippen LogP contribution is 2.22. The van der Waals surface area contributed by atoms with E-state index in [1.807, 2.05) is 51.1 Å². The smallest absolute Gasteiger partial charge is 0.311 e. The van der Waals surface area contributed by atoms with Crippen LogP contribution in [0.4, 0.5) is 0 Å². The van der Waals surface area contributed by atoms with Crippen LogP contribution in [0, 0.1) is 16.7 Å². The predicted molar refractivity (Wildman–Crippen MR) is 111 cm³/mol. The molecule has 6 heteroatoms. The Morgan fingerprint density at radius 1 is 0.931 bits per heavy atom. The van der Waals surface area contributed by atoms with Crippen molar-refractivity contribution in [3.05, 3.63) is 42.0 Å². The van der Waals surface area contributed by atoms with Crippen molar-refractivity contribution in [3.8, 4) is 11.8 Å². The molecule has 6 nitrogen and oxygen atoms in total. The number of benzene rings is 2. The molecule has 0 bridgehead atoms. The Morgan fingerprint density at radius 3 is 2.24 bits per heavy atom. The molecule has 0 aliphatic rings. The fraction of sp³-hybridized carbons (Fsp3) is 0.478. The van der Waals surface area contributed by atoms with Crippen LogP contribution in [0.25, 0.3) is 10.8 Å². The molecule has 0 amide bonds. The summed E-state index contributed by atoms with van der Waals surface area (Å²) in [4.78, 5) is 11.8. The first-order valence-electron chi connectivity index (χ1n) is 9.85. The number of hydrogen-bond donors (Lipinski definition) is 0. The third-order valence-corrected chi connectivity index (χ3v) is 4.71. The number of nitriles is 1. The molecule has 0 saturated carbocycles. The Bertz CT molecular complexity index is 841. The van der Waals surface area contributed by atoms with Crippen molar-refractivity contribution in [1.82, 2.24) is 0 Å². The van der Waals surface area contributed by atoms with Crippen molar-refractivity contribution >= 4 is 16.7 Å². The van der Waals surface area contributed by atoms with Gasteiger partial charge in [0.15, 0.2) is 0 Å². The van der Waals surface area contributed by atoms with Gasteiger partial charge in [-0.2, -0.15) is 5.26 Å². The number of fused-ring (bicyclic) bond motifs is 1. The Balaban J connectivity index is 1.54. The zero-order valence-corrected chi connectivity index (χ0v) is 17.4. The maximum atomic E-state index is 11.8. The van der Waals surface area contributed by atoms with Gasteiger partial charge in [-0.05, 0) is 55.3 Å². The SMILES string of the molecule is CCC(C)(C)C(=O)OCCOCCOCCOc1ccc2cc(C#N)ccc2c1. The highest BCUT2D eigenvalue weighted by atomic mass is 16.6. The van der Waals surface area contributed by atoms with Crippen LogP contribution in [-0.2, 0) is 19.0 Å². The normalized spacial score (nSPS) is 11.2. The molecule has 29 heavy (non-hydrogen) atoms. The summed E-state index contributed by atoms with van der Waals surface area (Å²) in [5.41, 5.74) is 0.193. The number of carbonyl (C=O) groups excluding carboxylic acids is 1. The zero-order valence-electron chi connectivity index (χ0n) is 17.4. The number of ether oxygens (including phenoxy) is 4. The third kappa shape index (κ3) is 7.37. The summed E-state index contributed by atoms with van der Waals surface area (Å²) < 4.78 is 21.8. The molecular formula is C23H29NO5. The lowest BCUT2D eigenvalue weighted by atomic mass is 9.91. The van der Waals surface area contributed by atoms with Crippen molar-refractivity contribution in [2.24, 2.45) is 5.41 Å². The van der Waals surface area contributed by atoms with Gasteiger partial charge in [0, 0.05) is 0 Å². The van der Waals surface area contributed by atoms with Crippen LogP contribution >= 0.6 is 0 Å². The summed E-state index contributed by atoms with van der Waals surface area (Å²) in [6, 6.07) is 13.5. The second kappa shape index (κ2) is 11.4. The molecule has 0 saturated heterocycles. The Kier molecular flexibility index (Phi) is 8.91.